The largest absolute Gasteiger partial charge is 0.309 e. The highest BCUT2D eigenvalue weighted by Crippen LogP contribution is 2.38. The van der Waals surface area contributed by atoms with E-state index in [2.05, 4.69) is 132 Å². The molecule has 3 heterocycles. The first-order chi connectivity index (χ1) is 23.8. The van der Waals surface area contributed by atoms with Gasteiger partial charge in [-0.1, -0.05) is 97.1 Å². The molecule has 0 N–H and O–H groups in total. The van der Waals surface area contributed by atoms with Crippen LogP contribution in [-0.2, 0) is 0 Å². The van der Waals surface area contributed by atoms with Crippen molar-refractivity contribution in [2.75, 3.05) is 0 Å². The summed E-state index contributed by atoms with van der Waals surface area (Å²) in [5.74, 6) is 1.97. The van der Waals surface area contributed by atoms with Crippen molar-refractivity contribution >= 4 is 64.1 Å². The van der Waals surface area contributed by atoms with Gasteiger partial charge in [0.25, 0.3) is 0 Å². The predicted molar refractivity (Wildman–Crippen MR) is 201 cm³/mol. The van der Waals surface area contributed by atoms with Crippen molar-refractivity contribution in [2.45, 2.75) is 0 Å². The van der Waals surface area contributed by atoms with Gasteiger partial charge < -0.3 is 4.57 Å². The van der Waals surface area contributed by atoms with Crippen LogP contribution in [0, 0.1) is 0 Å². The predicted octanol–water partition coefficient (Wildman–Crippen LogP) is 11.5. The Morgan fingerprint density at radius 2 is 1.00 bits per heavy atom. The topological polar surface area (TPSA) is 43.6 Å². The molecule has 0 radical (unpaired) electrons. The molecule has 0 spiro atoms. The molecule has 0 fully saturated rings. The maximum atomic E-state index is 5.07. The van der Waals surface area contributed by atoms with E-state index in [9.17, 15) is 0 Å². The molecule has 0 unspecified atom stereocenters. The molecule has 0 aliphatic rings. The van der Waals surface area contributed by atoms with Gasteiger partial charge in [0.1, 0.15) is 0 Å². The van der Waals surface area contributed by atoms with Crippen molar-refractivity contribution in [1.82, 2.24) is 19.5 Å². The van der Waals surface area contributed by atoms with E-state index in [4.69, 9.17) is 15.0 Å². The number of para-hydroxylation sites is 1. The van der Waals surface area contributed by atoms with E-state index in [1.165, 1.54) is 52.8 Å². The van der Waals surface area contributed by atoms with E-state index >= 15 is 0 Å². The van der Waals surface area contributed by atoms with E-state index in [1.807, 2.05) is 41.7 Å². The molecule has 224 valence electrons. The molecule has 5 heteroatoms. The van der Waals surface area contributed by atoms with Crippen molar-refractivity contribution in [3.8, 4) is 39.9 Å². The SMILES string of the molecule is c1ccc(-c2nc(-c3ccc(-n4c5ccccc5c5c6ccccc6ccc54)cc3)nc(-c3ccc4sc5ccccc5c4c3)n2)cc1. The summed E-state index contributed by atoms with van der Waals surface area (Å²) < 4.78 is 4.89. The maximum Gasteiger partial charge on any atom is 0.164 e. The number of thiophene rings is 1. The zero-order chi connectivity index (χ0) is 31.6. The van der Waals surface area contributed by atoms with Crippen LogP contribution >= 0.6 is 11.3 Å². The lowest BCUT2D eigenvalue weighted by Gasteiger charge is -2.11. The molecule has 0 aliphatic carbocycles. The molecule has 0 bridgehead atoms. The normalized spacial score (nSPS) is 11.8. The summed E-state index contributed by atoms with van der Waals surface area (Å²) in [6.45, 7) is 0. The Kier molecular flexibility index (Phi) is 6.01. The first-order valence-corrected chi connectivity index (χ1v) is 16.9. The molecule has 0 saturated carbocycles. The van der Waals surface area contributed by atoms with E-state index in [0.717, 1.165) is 22.4 Å². The lowest BCUT2D eigenvalue weighted by atomic mass is 10.0. The first-order valence-electron chi connectivity index (χ1n) is 16.0. The number of aromatic nitrogens is 4. The Hall–Kier alpha value is -6.17. The fraction of sp³-hybridized carbons (Fsp3) is 0. The molecule has 0 aliphatic heterocycles. The number of nitrogens with zero attached hydrogens (tertiary/aromatic N) is 4. The van der Waals surface area contributed by atoms with Gasteiger partial charge in [-0.05, 0) is 71.4 Å². The van der Waals surface area contributed by atoms with Crippen LogP contribution < -0.4 is 0 Å². The highest BCUT2D eigenvalue weighted by molar-refractivity contribution is 7.25. The Morgan fingerprint density at radius 3 is 1.81 bits per heavy atom. The highest BCUT2D eigenvalue weighted by atomic mass is 32.1. The lowest BCUT2D eigenvalue weighted by Crippen LogP contribution is -2.00. The monoisotopic (exact) mass is 630 g/mol. The Balaban J connectivity index is 1.13. The van der Waals surface area contributed by atoms with E-state index in [1.54, 1.807) is 0 Å². The van der Waals surface area contributed by atoms with Crippen LogP contribution in [0.25, 0.3) is 92.6 Å². The first kappa shape index (κ1) is 27.0. The molecule has 10 aromatic rings. The summed E-state index contributed by atoms with van der Waals surface area (Å²) in [5.41, 5.74) is 6.33. The second-order valence-corrected chi connectivity index (χ2v) is 13.1. The molecule has 7 aromatic carbocycles. The van der Waals surface area contributed by atoms with Gasteiger partial charge in [-0.3, -0.25) is 0 Å². The number of fused-ring (bicyclic) bond motifs is 8. The summed E-state index contributed by atoms with van der Waals surface area (Å²) in [5, 5.41) is 7.51. The minimum atomic E-state index is 0.647. The standard InChI is InChI=1S/C43H26N4S/c1-2-11-28(12-3-1)41-44-42(46-43(45-41)30-21-25-39-35(26-30)33-14-7-9-17-38(33)48-39)29-18-22-31(23-19-29)47-36-16-8-6-15-34(36)40-32-13-5-4-10-27(32)20-24-37(40)47/h1-26H. The van der Waals surface area contributed by atoms with Gasteiger partial charge in [-0.15, -0.1) is 11.3 Å². The van der Waals surface area contributed by atoms with Crippen molar-refractivity contribution in [3.63, 3.8) is 0 Å². The number of benzene rings is 7. The third-order valence-electron chi connectivity index (χ3n) is 9.25. The van der Waals surface area contributed by atoms with Gasteiger partial charge in [0.2, 0.25) is 0 Å². The third kappa shape index (κ3) is 4.25. The Morgan fingerprint density at radius 1 is 0.396 bits per heavy atom. The van der Waals surface area contributed by atoms with Crippen LogP contribution in [-0.4, -0.2) is 19.5 Å². The summed E-state index contributed by atoms with van der Waals surface area (Å²) in [6, 6.07) is 55.6. The average molecular weight is 631 g/mol. The fourth-order valence-electron chi connectivity index (χ4n) is 6.99. The number of rotatable bonds is 4. The van der Waals surface area contributed by atoms with Gasteiger partial charge in [0.05, 0.1) is 11.0 Å². The summed E-state index contributed by atoms with van der Waals surface area (Å²) in [6.07, 6.45) is 0. The second kappa shape index (κ2) is 10.7. The van der Waals surface area contributed by atoms with Crippen LogP contribution in [0.4, 0.5) is 0 Å². The van der Waals surface area contributed by atoms with E-state index in [-0.39, 0.29) is 0 Å². The quantitative estimate of drug-likeness (QED) is 0.194. The van der Waals surface area contributed by atoms with Gasteiger partial charge in [-0.2, -0.15) is 0 Å². The molecule has 0 amide bonds. The highest BCUT2D eigenvalue weighted by Gasteiger charge is 2.17. The lowest BCUT2D eigenvalue weighted by molar-refractivity contribution is 1.07. The van der Waals surface area contributed by atoms with Crippen LogP contribution in [0.2, 0.25) is 0 Å². The summed E-state index contributed by atoms with van der Waals surface area (Å²) in [7, 11) is 0. The minimum Gasteiger partial charge on any atom is -0.309 e. The zero-order valence-electron chi connectivity index (χ0n) is 25.7. The number of hydrogen-bond donors (Lipinski definition) is 0. The van der Waals surface area contributed by atoms with Crippen molar-refractivity contribution < 1.29 is 0 Å². The van der Waals surface area contributed by atoms with Crippen LogP contribution in [0.15, 0.2) is 158 Å². The average Bonchev–Trinajstić information content (AvgIpc) is 3.71. The molecule has 10 rings (SSSR count). The third-order valence-corrected chi connectivity index (χ3v) is 10.4. The van der Waals surface area contributed by atoms with Crippen molar-refractivity contribution in [3.05, 3.63) is 158 Å². The smallest absolute Gasteiger partial charge is 0.164 e. The van der Waals surface area contributed by atoms with Gasteiger partial charge >= 0.3 is 0 Å². The molecule has 48 heavy (non-hydrogen) atoms. The van der Waals surface area contributed by atoms with E-state index in [0.29, 0.717) is 17.5 Å². The van der Waals surface area contributed by atoms with Gasteiger partial charge in [0, 0.05) is 53.3 Å². The fourth-order valence-corrected chi connectivity index (χ4v) is 8.08. The van der Waals surface area contributed by atoms with Crippen LogP contribution in [0.5, 0.6) is 0 Å². The second-order valence-electron chi connectivity index (χ2n) is 12.1. The van der Waals surface area contributed by atoms with E-state index < -0.39 is 0 Å². The molecule has 0 saturated heterocycles. The molecule has 4 nitrogen and oxygen atoms in total. The van der Waals surface area contributed by atoms with Gasteiger partial charge in [-0.25, -0.2) is 15.0 Å². The maximum absolute atomic E-state index is 5.07. The van der Waals surface area contributed by atoms with Crippen LogP contribution in [0.1, 0.15) is 0 Å². The minimum absolute atomic E-state index is 0.647. The summed E-state index contributed by atoms with van der Waals surface area (Å²) in [4.78, 5) is 15.1. The Bertz CT molecular complexity index is 2830. The number of hydrogen-bond acceptors (Lipinski definition) is 4. The summed E-state index contributed by atoms with van der Waals surface area (Å²) >= 11 is 1.81. The Labute approximate surface area is 280 Å². The van der Waals surface area contributed by atoms with Gasteiger partial charge in [0.15, 0.2) is 17.5 Å². The van der Waals surface area contributed by atoms with Crippen molar-refractivity contribution in [1.29, 1.82) is 0 Å². The molecule has 3 aromatic heterocycles. The molecular formula is C43H26N4S. The van der Waals surface area contributed by atoms with Crippen molar-refractivity contribution in [2.24, 2.45) is 0 Å². The molecular weight excluding hydrogens is 605 g/mol. The zero-order valence-corrected chi connectivity index (χ0v) is 26.5. The van der Waals surface area contributed by atoms with Crippen LogP contribution in [0.3, 0.4) is 0 Å². The molecule has 0 atom stereocenters.